The van der Waals surface area contributed by atoms with E-state index in [2.05, 4.69) is 33.1 Å². The third-order valence-corrected chi connectivity index (χ3v) is 5.68. The lowest BCUT2D eigenvalue weighted by atomic mass is 10.1. The van der Waals surface area contributed by atoms with E-state index in [4.69, 9.17) is 0 Å². The lowest BCUT2D eigenvalue weighted by Crippen LogP contribution is -2.36. The molecule has 0 aliphatic carbocycles. The maximum atomic E-state index is 12.7. The molecule has 0 radical (unpaired) electrons. The summed E-state index contributed by atoms with van der Waals surface area (Å²) in [5, 5.41) is 9.73. The van der Waals surface area contributed by atoms with Gasteiger partial charge in [-0.1, -0.05) is 30.3 Å². The van der Waals surface area contributed by atoms with Crippen LogP contribution in [0.1, 0.15) is 34.8 Å². The molecule has 1 amide bonds. The van der Waals surface area contributed by atoms with Gasteiger partial charge in [0.15, 0.2) is 0 Å². The predicted molar refractivity (Wildman–Crippen MR) is 104 cm³/mol. The number of carbonyl (C=O) groups is 1. The average Bonchev–Trinajstić information content (AvgIpc) is 3.36. The van der Waals surface area contributed by atoms with Crippen LogP contribution >= 0.6 is 11.3 Å². The van der Waals surface area contributed by atoms with E-state index in [-0.39, 0.29) is 11.9 Å². The molecule has 1 aliphatic heterocycles. The van der Waals surface area contributed by atoms with Crippen molar-refractivity contribution in [3.8, 4) is 0 Å². The van der Waals surface area contributed by atoms with Gasteiger partial charge in [-0.3, -0.25) is 9.69 Å². The van der Waals surface area contributed by atoms with Crippen molar-refractivity contribution in [3.63, 3.8) is 0 Å². The van der Waals surface area contributed by atoms with Gasteiger partial charge in [-0.25, -0.2) is 0 Å². The van der Waals surface area contributed by atoms with Gasteiger partial charge in [0.2, 0.25) is 0 Å². The summed E-state index contributed by atoms with van der Waals surface area (Å²) in [7, 11) is 0. The van der Waals surface area contributed by atoms with Gasteiger partial charge in [-0.2, -0.15) is 11.3 Å². The van der Waals surface area contributed by atoms with E-state index in [1.54, 1.807) is 11.3 Å². The van der Waals surface area contributed by atoms with E-state index in [0.29, 0.717) is 6.54 Å². The molecule has 1 atom stereocenters. The van der Waals surface area contributed by atoms with Crippen LogP contribution in [0.5, 0.6) is 0 Å². The first-order valence-electron chi connectivity index (χ1n) is 8.84. The van der Waals surface area contributed by atoms with Gasteiger partial charge < -0.3 is 5.32 Å². The molecular weight excluding hydrogens is 328 g/mol. The molecule has 2 heterocycles. The highest BCUT2D eigenvalue weighted by Gasteiger charge is 2.24. The third kappa shape index (κ3) is 3.60. The second-order valence-corrected chi connectivity index (χ2v) is 7.37. The molecule has 1 aromatic heterocycles. The van der Waals surface area contributed by atoms with Crippen LogP contribution in [0.25, 0.3) is 10.8 Å². The number of fused-ring (bicyclic) bond motifs is 1. The number of nitrogens with one attached hydrogen (secondary N) is 1. The van der Waals surface area contributed by atoms with Gasteiger partial charge in [0.05, 0.1) is 6.04 Å². The van der Waals surface area contributed by atoms with Crippen LogP contribution in [0.15, 0.2) is 59.3 Å². The van der Waals surface area contributed by atoms with Gasteiger partial charge in [0, 0.05) is 12.1 Å². The molecule has 4 heteroatoms. The molecule has 1 N–H and O–H groups in total. The van der Waals surface area contributed by atoms with Crippen molar-refractivity contribution in [2.45, 2.75) is 18.9 Å². The van der Waals surface area contributed by atoms with Crippen molar-refractivity contribution < 1.29 is 4.79 Å². The van der Waals surface area contributed by atoms with E-state index in [1.165, 1.54) is 18.4 Å². The van der Waals surface area contributed by atoms with Crippen LogP contribution in [0.3, 0.4) is 0 Å². The number of nitrogens with zero attached hydrogens (tertiary/aromatic N) is 1. The second-order valence-electron chi connectivity index (χ2n) is 6.59. The van der Waals surface area contributed by atoms with Gasteiger partial charge in [-0.15, -0.1) is 0 Å². The lowest BCUT2D eigenvalue weighted by Gasteiger charge is -2.27. The largest absolute Gasteiger partial charge is 0.350 e. The SMILES string of the molecule is O=C(NC[C@H](c1ccsc1)N1CCCC1)c1ccc2ccccc2c1. The third-order valence-electron chi connectivity index (χ3n) is 4.98. The Morgan fingerprint density at radius 2 is 1.88 bits per heavy atom. The summed E-state index contributed by atoms with van der Waals surface area (Å²) in [6, 6.07) is 16.5. The predicted octanol–water partition coefficient (Wildman–Crippen LogP) is 4.47. The molecule has 25 heavy (non-hydrogen) atoms. The summed E-state index contributed by atoms with van der Waals surface area (Å²) in [6.45, 7) is 2.89. The van der Waals surface area contributed by atoms with E-state index < -0.39 is 0 Å². The summed E-state index contributed by atoms with van der Waals surface area (Å²) < 4.78 is 0. The van der Waals surface area contributed by atoms with E-state index in [0.717, 1.165) is 29.4 Å². The fraction of sp³-hybridized carbons (Fsp3) is 0.286. The number of hydrogen-bond acceptors (Lipinski definition) is 3. The molecule has 2 aromatic carbocycles. The molecule has 1 aliphatic rings. The Morgan fingerprint density at radius 1 is 1.08 bits per heavy atom. The summed E-state index contributed by atoms with van der Waals surface area (Å²) >= 11 is 1.72. The molecule has 0 spiro atoms. The highest BCUT2D eigenvalue weighted by Crippen LogP contribution is 2.26. The molecule has 0 unspecified atom stereocenters. The highest BCUT2D eigenvalue weighted by molar-refractivity contribution is 7.07. The van der Waals surface area contributed by atoms with Crippen LogP contribution in [0.2, 0.25) is 0 Å². The highest BCUT2D eigenvalue weighted by atomic mass is 32.1. The number of benzene rings is 2. The minimum Gasteiger partial charge on any atom is -0.350 e. The minimum atomic E-state index is 0.00480. The fourth-order valence-electron chi connectivity index (χ4n) is 3.60. The van der Waals surface area contributed by atoms with E-state index in [1.807, 2.05) is 36.4 Å². The Bertz CT molecular complexity index is 853. The summed E-state index contributed by atoms with van der Waals surface area (Å²) in [6.07, 6.45) is 2.50. The molecule has 0 saturated carbocycles. The Hall–Kier alpha value is -2.17. The summed E-state index contributed by atoms with van der Waals surface area (Å²) in [5.41, 5.74) is 2.04. The van der Waals surface area contributed by atoms with Crippen LogP contribution in [-0.4, -0.2) is 30.4 Å². The number of thiophene rings is 1. The normalized spacial score (nSPS) is 16.2. The molecule has 3 aromatic rings. The monoisotopic (exact) mass is 350 g/mol. The zero-order chi connectivity index (χ0) is 17.1. The number of amides is 1. The van der Waals surface area contributed by atoms with Crippen molar-refractivity contribution in [3.05, 3.63) is 70.4 Å². The van der Waals surface area contributed by atoms with Crippen LogP contribution in [0.4, 0.5) is 0 Å². The average molecular weight is 350 g/mol. The van der Waals surface area contributed by atoms with E-state index in [9.17, 15) is 4.79 Å². The van der Waals surface area contributed by atoms with Gasteiger partial charge >= 0.3 is 0 Å². The van der Waals surface area contributed by atoms with Gasteiger partial charge in [0.1, 0.15) is 0 Å². The molecule has 4 rings (SSSR count). The fourth-order valence-corrected chi connectivity index (χ4v) is 4.30. The summed E-state index contributed by atoms with van der Waals surface area (Å²) in [4.78, 5) is 15.1. The zero-order valence-corrected chi connectivity index (χ0v) is 15.0. The van der Waals surface area contributed by atoms with Crippen molar-refractivity contribution in [2.75, 3.05) is 19.6 Å². The molecule has 128 valence electrons. The van der Waals surface area contributed by atoms with E-state index >= 15 is 0 Å². The minimum absolute atomic E-state index is 0.00480. The first-order valence-corrected chi connectivity index (χ1v) is 9.79. The molecular formula is C21H22N2OS. The molecule has 0 bridgehead atoms. The van der Waals surface area contributed by atoms with Gasteiger partial charge in [0.25, 0.3) is 5.91 Å². The number of hydrogen-bond donors (Lipinski definition) is 1. The zero-order valence-electron chi connectivity index (χ0n) is 14.2. The maximum Gasteiger partial charge on any atom is 0.251 e. The topological polar surface area (TPSA) is 32.3 Å². The van der Waals surface area contributed by atoms with Crippen LogP contribution in [0, 0.1) is 0 Å². The Kier molecular flexibility index (Phi) is 4.81. The van der Waals surface area contributed by atoms with Crippen molar-refractivity contribution in [2.24, 2.45) is 0 Å². The number of likely N-dealkylation sites (tertiary alicyclic amines) is 1. The Morgan fingerprint density at radius 3 is 2.64 bits per heavy atom. The van der Waals surface area contributed by atoms with Crippen LogP contribution in [-0.2, 0) is 0 Å². The second kappa shape index (κ2) is 7.38. The smallest absolute Gasteiger partial charge is 0.251 e. The Balaban J connectivity index is 1.48. The first kappa shape index (κ1) is 16.3. The Labute approximate surface area is 152 Å². The van der Waals surface area contributed by atoms with Crippen LogP contribution < -0.4 is 5.32 Å². The number of carbonyl (C=O) groups excluding carboxylic acids is 1. The quantitative estimate of drug-likeness (QED) is 0.736. The lowest BCUT2D eigenvalue weighted by molar-refractivity contribution is 0.0938. The molecule has 1 saturated heterocycles. The number of rotatable bonds is 5. The summed E-state index contributed by atoms with van der Waals surface area (Å²) in [5.74, 6) is 0.00480. The molecule has 1 fully saturated rings. The van der Waals surface area contributed by atoms with Gasteiger partial charge in [-0.05, 0) is 71.2 Å². The molecule has 3 nitrogen and oxygen atoms in total. The first-order chi connectivity index (χ1) is 12.3. The van der Waals surface area contributed by atoms with Crippen molar-refractivity contribution in [1.29, 1.82) is 0 Å². The van der Waals surface area contributed by atoms with Crippen molar-refractivity contribution >= 4 is 28.0 Å². The maximum absolute atomic E-state index is 12.7. The standard InChI is InChI=1S/C21H22N2OS/c24-21(18-8-7-16-5-1-2-6-17(16)13-18)22-14-20(19-9-12-25-15-19)23-10-3-4-11-23/h1-2,5-9,12-13,15,20H,3-4,10-11,14H2,(H,22,24)/t20-/m1/s1. The van der Waals surface area contributed by atoms with Crippen molar-refractivity contribution in [1.82, 2.24) is 10.2 Å².